The third kappa shape index (κ3) is 4.63. The Bertz CT molecular complexity index is 1210. The van der Waals surface area contributed by atoms with E-state index in [1.54, 1.807) is 6.07 Å². The molecule has 30 heavy (non-hydrogen) atoms. The Hall–Kier alpha value is -3.31. The average molecular weight is 422 g/mol. The lowest BCUT2D eigenvalue weighted by Gasteiger charge is -2.07. The van der Waals surface area contributed by atoms with E-state index in [2.05, 4.69) is 5.32 Å². The predicted molar refractivity (Wildman–Crippen MR) is 117 cm³/mol. The molecular weight excluding hydrogens is 402 g/mol. The second kappa shape index (κ2) is 9.01. The van der Waals surface area contributed by atoms with E-state index in [0.29, 0.717) is 17.1 Å². The predicted octanol–water partition coefficient (Wildman–Crippen LogP) is 6.09. The molecule has 3 aromatic carbocycles. The minimum atomic E-state index is -0.355. The first-order valence-corrected chi connectivity index (χ1v) is 10.1. The number of hydrogen-bond donors (Lipinski definition) is 1. The normalized spacial score (nSPS) is 11.0. The molecule has 0 spiro atoms. The quantitative estimate of drug-likeness (QED) is 0.366. The van der Waals surface area contributed by atoms with Gasteiger partial charge in [0.1, 0.15) is 17.8 Å². The van der Waals surface area contributed by atoms with Crippen LogP contribution >= 0.6 is 11.6 Å². The highest BCUT2D eigenvalue weighted by Crippen LogP contribution is 2.30. The van der Waals surface area contributed by atoms with Crippen molar-refractivity contribution in [1.29, 1.82) is 0 Å². The Balaban J connectivity index is 1.26. The number of rotatable bonds is 7. The van der Waals surface area contributed by atoms with Gasteiger partial charge >= 0.3 is 5.97 Å². The number of hydrogen-bond acceptors (Lipinski definition) is 4. The minimum Gasteiger partial charge on any atom is -0.461 e. The Kier molecular flexibility index (Phi) is 6.00. The lowest BCUT2D eigenvalue weighted by molar-refractivity contribution is -0.145. The molecule has 0 saturated carbocycles. The molecule has 1 heterocycles. The third-order valence-corrected chi connectivity index (χ3v) is 5.16. The topological polar surface area (TPSA) is 68.5 Å². The lowest BCUT2D eigenvalue weighted by atomic mass is 10.1. The van der Waals surface area contributed by atoms with Crippen LogP contribution in [0.2, 0.25) is 5.02 Å². The average Bonchev–Trinajstić information content (AvgIpc) is 3.11. The summed E-state index contributed by atoms with van der Waals surface area (Å²) < 4.78 is 11.1. The van der Waals surface area contributed by atoms with Crippen molar-refractivity contribution in [1.82, 2.24) is 0 Å². The van der Waals surface area contributed by atoms with Gasteiger partial charge in [-0.05, 0) is 30.7 Å². The van der Waals surface area contributed by atoms with Crippen LogP contribution < -0.4 is 5.32 Å². The fraction of sp³-hybridized carbons (Fsp3) is 0.167. The van der Waals surface area contributed by atoms with Gasteiger partial charge in [-0.25, -0.2) is 0 Å². The fourth-order valence-corrected chi connectivity index (χ4v) is 3.46. The molecule has 1 amide bonds. The number of fused-ring (bicyclic) bond motifs is 3. The van der Waals surface area contributed by atoms with Gasteiger partial charge in [0.05, 0.1) is 0 Å². The number of esters is 1. The maximum atomic E-state index is 12.2. The first-order valence-electron chi connectivity index (χ1n) is 9.70. The van der Waals surface area contributed by atoms with Gasteiger partial charge in [0.15, 0.2) is 0 Å². The van der Waals surface area contributed by atoms with Crippen molar-refractivity contribution in [3.05, 3.63) is 77.3 Å². The lowest BCUT2D eigenvalue weighted by Crippen LogP contribution is -2.12. The molecule has 152 valence electrons. The second-order valence-electron chi connectivity index (χ2n) is 6.96. The molecule has 0 bridgehead atoms. The number of carbonyl (C=O) groups is 2. The molecule has 0 saturated heterocycles. The van der Waals surface area contributed by atoms with Crippen LogP contribution in [0.4, 0.5) is 5.69 Å². The fourth-order valence-electron chi connectivity index (χ4n) is 3.27. The molecule has 0 aliphatic rings. The summed E-state index contributed by atoms with van der Waals surface area (Å²) in [6.45, 7) is 0.127. The van der Waals surface area contributed by atoms with Crippen molar-refractivity contribution >= 4 is 51.1 Å². The molecule has 0 unspecified atom stereocenters. The Labute approximate surface area is 178 Å². The van der Waals surface area contributed by atoms with Crippen LogP contribution in [0.15, 0.2) is 71.1 Å². The van der Waals surface area contributed by atoms with E-state index in [9.17, 15) is 9.59 Å². The molecule has 1 N–H and O–H groups in total. The minimum absolute atomic E-state index is 0.127. The summed E-state index contributed by atoms with van der Waals surface area (Å²) in [5.41, 5.74) is 2.95. The van der Waals surface area contributed by atoms with Crippen LogP contribution in [0.3, 0.4) is 0 Å². The van der Waals surface area contributed by atoms with Gasteiger partial charge in [0.2, 0.25) is 5.91 Å². The van der Waals surface area contributed by atoms with Crippen molar-refractivity contribution in [2.24, 2.45) is 0 Å². The van der Waals surface area contributed by atoms with E-state index in [4.69, 9.17) is 20.8 Å². The maximum Gasteiger partial charge on any atom is 0.306 e. The highest BCUT2D eigenvalue weighted by atomic mass is 35.5. The first kappa shape index (κ1) is 20.0. The zero-order chi connectivity index (χ0) is 20.9. The number of halogens is 1. The molecule has 5 nitrogen and oxygen atoms in total. The number of benzene rings is 3. The zero-order valence-electron chi connectivity index (χ0n) is 16.2. The van der Waals surface area contributed by atoms with Gasteiger partial charge in [-0.15, -0.1) is 0 Å². The molecule has 4 aromatic rings. The van der Waals surface area contributed by atoms with Crippen molar-refractivity contribution in [3.8, 4) is 0 Å². The van der Waals surface area contributed by atoms with Crippen LogP contribution in [0.25, 0.3) is 21.9 Å². The van der Waals surface area contributed by atoms with Crippen molar-refractivity contribution in [3.63, 3.8) is 0 Å². The number of ether oxygens (including phenoxy) is 1. The largest absolute Gasteiger partial charge is 0.461 e. The van der Waals surface area contributed by atoms with E-state index in [-0.39, 0.29) is 31.3 Å². The van der Waals surface area contributed by atoms with Crippen molar-refractivity contribution in [2.75, 3.05) is 5.32 Å². The van der Waals surface area contributed by atoms with Crippen molar-refractivity contribution in [2.45, 2.75) is 25.9 Å². The Morgan fingerprint density at radius 3 is 2.53 bits per heavy atom. The van der Waals surface area contributed by atoms with Gasteiger partial charge in [-0.3, -0.25) is 9.59 Å². The Morgan fingerprint density at radius 2 is 1.67 bits per heavy atom. The van der Waals surface area contributed by atoms with Gasteiger partial charge < -0.3 is 14.5 Å². The monoisotopic (exact) mass is 421 g/mol. The number of nitrogens with one attached hydrogen (secondary N) is 1. The molecule has 0 aliphatic carbocycles. The highest BCUT2D eigenvalue weighted by Gasteiger charge is 2.10. The summed E-state index contributed by atoms with van der Waals surface area (Å²) in [6.07, 6.45) is 0.792. The van der Waals surface area contributed by atoms with Crippen LogP contribution in [-0.2, 0) is 20.9 Å². The summed E-state index contributed by atoms with van der Waals surface area (Å²) in [4.78, 5) is 24.1. The van der Waals surface area contributed by atoms with E-state index >= 15 is 0 Å². The summed E-state index contributed by atoms with van der Waals surface area (Å²) >= 11 is 6.04. The highest BCUT2D eigenvalue weighted by molar-refractivity contribution is 6.31. The van der Waals surface area contributed by atoms with E-state index in [1.807, 2.05) is 60.7 Å². The molecule has 1 aromatic heterocycles. The molecule has 6 heteroatoms. The van der Waals surface area contributed by atoms with Crippen LogP contribution in [-0.4, -0.2) is 11.9 Å². The number of anilines is 1. The first-order chi connectivity index (χ1) is 14.6. The summed E-state index contributed by atoms with van der Waals surface area (Å²) in [7, 11) is 0. The van der Waals surface area contributed by atoms with E-state index in [0.717, 1.165) is 27.5 Å². The Morgan fingerprint density at radius 1 is 0.900 bits per heavy atom. The van der Waals surface area contributed by atoms with Crippen LogP contribution in [0.5, 0.6) is 0 Å². The molecule has 0 atom stereocenters. The molecule has 0 aliphatic heterocycles. The molecule has 0 radical (unpaired) electrons. The smallest absolute Gasteiger partial charge is 0.306 e. The number of carbonyl (C=O) groups excluding carboxylic acids is 2. The second-order valence-corrected chi connectivity index (χ2v) is 7.37. The van der Waals surface area contributed by atoms with Gasteiger partial charge in [0.25, 0.3) is 0 Å². The van der Waals surface area contributed by atoms with E-state index in [1.165, 1.54) is 0 Å². The standard InChI is InChI=1S/C24H20ClNO4/c25-20-8-3-1-6-16(20)15-29-24(28)11-5-10-23(27)26-17-12-13-19-18-7-2-4-9-21(18)30-22(19)14-17/h1-4,6-9,12-14H,5,10-11,15H2,(H,26,27). The number of para-hydroxylation sites is 1. The number of furan rings is 1. The van der Waals surface area contributed by atoms with Gasteiger partial charge in [-0.1, -0.05) is 48.0 Å². The molecule has 0 fully saturated rings. The third-order valence-electron chi connectivity index (χ3n) is 4.79. The zero-order valence-corrected chi connectivity index (χ0v) is 16.9. The summed E-state index contributed by atoms with van der Waals surface area (Å²) in [5, 5.41) is 5.46. The van der Waals surface area contributed by atoms with Crippen LogP contribution in [0.1, 0.15) is 24.8 Å². The molecule has 4 rings (SSSR count). The van der Waals surface area contributed by atoms with Gasteiger partial charge in [-0.2, -0.15) is 0 Å². The molecular formula is C24H20ClNO4. The van der Waals surface area contributed by atoms with E-state index < -0.39 is 0 Å². The van der Waals surface area contributed by atoms with Crippen molar-refractivity contribution < 1.29 is 18.7 Å². The number of amides is 1. The van der Waals surface area contributed by atoms with Gasteiger partial charge in [0, 0.05) is 46.0 Å². The summed E-state index contributed by atoms with van der Waals surface area (Å²) in [6, 6.07) is 20.6. The summed E-state index contributed by atoms with van der Waals surface area (Å²) in [5.74, 6) is -0.518. The SMILES string of the molecule is O=C(CCCC(=O)OCc1ccccc1Cl)Nc1ccc2c(c1)oc1ccccc12. The maximum absolute atomic E-state index is 12.2. The van der Waals surface area contributed by atoms with Crippen LogP contribution in [0, 0.1) is 0 Å².